The molecule has 10 rings (SSSR count). The molecule has 16 heteroatoms. The van der Waals surface area contributed by atoms with Gasteiger partial charge in [0.25, 0.3) is 0 Å². The van der Waals surface area contributed by atoms with Crippen LogP contribution >= 0.6 is 0 Å². The van der Waals surface area contributed by atoms with E-state index in [0.29, 0.717) is 49.0 Å². The van der Waals surface area contributed by atoms with Crippen molar-refractivity contribution in [3.05, 3.63) is 125 Å². The molecule has 3 aliphatic heterocycles. The van der Waals surface area contributed by atoms with Crippen molar-refractivity contribution < 1.29 is 19.1 Å². The van der Waals surface area contributed by atoms with E-state index in [2.05, 4.69) is 62.8 Å². The highest BCUT2D eigenvalue weighted by molar-refractivity contribution is 6.06. The first-order valence-corrected chi connectivity index (χ1v) is 21.5. The maximum atomic E-state index is 13.8. The van der Waals surface area contributed by atoms with E-state index < -0.39 is 5.92 Å². The number of hydrogen-bond donors (Lipinski definition) is 1. The minimum Gasteiger partial charge on any atom is -0.467 e. The largest absolute Gasteiger partial charge is 0.467 e. The number of ether oxygens (including phenoxy) is 1. The van der Waals surface area contributed by atoms with E-state index in [1.54, 1.807) is 35.4 Å². The number of hydrogen-bond acceptors (Lipinski definition) is 10. The average Bonchev–Trinajstić information content (AvgIpc) is 3.97. The molecule has 3 aromatic carbocycles. The molecule has 64 heavy (non-hydrogen) atoms. The van der Waals surface area contributed by atoms with Gasteiger partial charge in [0.1, 0.15) is 5.82 Å². The van der Waals surface area contributed by atoms with Gasteiger partial charge in [-0.1, -0.05) is 30.3 Å². The third-order valence-electron chi connectivity index (χ3n) is 13.0. The number of aromatic nitrogens is 7. The van der Waals surface area contributed by atoms with Gasteiger partial charge in [-0.15, -0.1) is 5.10 Å². The van der Waals surface area contributed by atoms with E-state index in [1.807, 2.05) is 55.1 Å². The first kappa shape index (κ1) is 40.5. The number of methoxy groups -OCH3 is 1. The number of aryl methyl sites for hydroxylation is 2. The number of carbonyl (C=O) groups is 3. The zero-order valence-electron chi connectivity index (χ0n) is 36.1. The summed E-state index contributed by atoms with van der Waals surface area (Å²) >= 11 is 0. The van der Waals surface area contributed by atoms with Crippen LogP contribution in [0.4, 0.5) is 22.0 Å². The van der Waals surface area contributed by atoms with Gasteiger partial charge >= 0.3 is 17.7 Å². The standard InChI is InChI=1S/C48H47N11O5/c1-29-36(17-21-50-44(29)58-25-24-57(48(58)63)35-6-5-20-49-28-35)37-13-12-34(59-46(64-4)53-55(3)47(59)62)26-40(37)32-9-7-30(8-10-32)31-18-22-56(23-19-31)33-11-14-38-41(27-33)54(2)52-43(38)39-15-16-42(60)51-45(39)61/h5-14,17,20-21,26-28,31,39H,15-16,18-19,22-25H2,1-4H3,(H,51,60,61). The van der Waals surface area contributed by atoms with Crippen LogP contribution in [-0.2, 0) is 23.7 Å². The molecule has 0 aliphatic carbocycles. The fourth-order valence-corrected chi connectivity index (χ4v) is 9.60. The predicted molar refractivity (Wildman–Crippen MR) is 243 cm³/mol. The van der Waals surface area contributed by atoms with Crippen LogP contribution in [0.25, 0.3) is 38.8 Å². The molecule has 0 saturated carbocycles. The third kappa shape index (κ3) is 7.04. The number of pyridine rings is 2. The minimum atomic E-state index is -0.441. The number of urea groups is 1. The second kappa shape index (κ2) is 16.3. The zero-order valence-corrected chi connectivity index (χ0v) is 36.1. The smallest absolute Gasteiger partial charge is 0.353 e. The molecule has 3 fully saturated rings. The molecule has 4 aromatic heterocycles. The summed E-state index contributed by atoms with van der Waals surface area (Å²) < 4.78 is 10.1. The van der Waals surface area contributed by atoms with Gasteiger partial charge in [-0.2, -0.15) is 5.10 Å². The SMILES string of the molecule is COc1nn(C)c(=O)n1-c1ccc(-c2ccnc(N3CCN(c4cccnc4)C3=O)c2C)c(-c2ccc(C3CCN(c4ccc5c(C6CCC(=O)NC6=O)nn(C)c5c4)CC3)cc2)c1. The number of amides is 4. The number of benzene rings is 3. The molecular formula is C48H47N11O5. The van der Waals surface area contributed by atoms with Crippen molar-refractivity contribution in [3.63, 3.8) is 0 Å². The normalized spacial score (nSPS) is 17.2. The summed E-state index contributed by atoms with van der Waals surface area (Å²) in [5.74, 6) is -0.00174. The Labute approximate surface area is 368 Å². The molecule has 324 valence electrons. The molecule has 1 N–H and O–H groups in total. The molecule has 3 saturated heterocycles. The lowest BCUT2D eigenvalue weighted by atomic mass is 9.87. The number of fused-ring (bicyclic) bond motifs is 1. The average molecular weight is 858 g/mol. The van der Waals surface area contributed by atoms with Crippen LogP contribution in [0, 0.1) is 6.92 Å². The Balaban J connectivity index is 0.924. The van der Waals surface area contributed by atoms with Crippen molar-refractivity contribution in [3.8, 4) is 34.0 Å². The number of imide groups is 1. The fourth-order valence-electron chi connectivity index (χ4n) is 9.60. The van der Waals surface area contributed by atoms with Crippen LogP contribution in [0.5, 0.6) is 6.01 Å². The van der Waals surface area contributed by atoms with Crippen LogP contribution in [0.3, 0.4) is 0 Å². The number of carbonyl (C=O) groups excluding carboxylic acids is 3. The second-order valence-electron chi connectivity index (χ2n) is 16.7. The molecule has 7 aromatic rings. The quantitative estimate of drug-likeness (QED) is 0.164. The minimum absolute atomic E-state index is 0.157. The van der Waals surface area contributed by atoms with Crippen LogP contribution in [0.1, 0.15) is 54.3 Å². The summed E-state index contributed by atoms with van der Waals surface area (Å²) in [6, 6.07) is 26.6. The molecule has 0 bridgehead atoms. The van der Waals surface area contributed by atoms with Crippen LogP contribution in [0.15, 0.2) is 102 Å². The van der Waals surface area contributed by atoms with Gasteiger partial charge in [0.2, 0.25) is 11.8 Å². The number of nitrogens with zero attached hydrogens (tertiary/aromatic N) is 10. The van der Waals surface area contributed by atoms with Crippen molar-refractivity contribution in [2.75, 3.05) is 48.0 Å². The molecular weight excluding hydrogens is 811 g/mol. The second-order valence-corrected chi connectivity index (χ2v) is 16.7. The highest BCUT2D eigenvalue weighted by Gasteiger charge is 2.34. The fraction of sp³-hybridized carbons (Fsp3) is 0.292. The molecule has 0 radical (unpaired) electrons. The maximum absolute atomic E-state index is 13.8. The Morgan fingerprint density at radius 2 is 1.52 bits per heavy atom. The summed E-state index contributed by atoms with van der Waals surface area (Å²) in [5.41, 5.74) is 9.62. The maximum Gasteiger partial charge on any atom is 0.353 e. The topological polar surface area (TPSA) is 166 Å². The summed E-state index contributed by atoms with van der Waals surface area (Å²) in [4.78, 5) is 66.4. The van der Waals surface area contributed by atoms with Gasteiger partial charge < -0.3 is 9.64 Å². The Kier molecular flexibility index (Phi) is 10.3. The lowest BCUT2D eigenvalue weighted by molar-refractivity contribution is -0.134. The zero-order chi connectivity index (χ0) is 44.2. The summed E-state index contributed by atoms with van der Waals surface area (Å²) in [7, 11) is 4.99. The number of anilines is 3. The van der Waals surface area contributed by atoms with E-state index in [-0.39, 0.29) is 29.5 Å². The molecule has 0 spiro atoms. The third-order valence-corrected chi connectivity index (χ3v) is 13.0. The lowest BCUT2D eigenvalue weighted by Gasteiger charge is -2.34. The van der Waals surface area contributed by atoms with Crippen LogP contribution < -0.4 is 30.4 Å². The van der Waals surface area contributed by atoms with E-state index in [9.17, 15) is 19.2 Å². The number of rotatable bonds is 9. The van der Waals surface area contributed by atoms with E-state index in [4.69, 9.17) is 14.8 Å². The number of piperidine rings is 2. The molecule has 7 heterocycles. The lowest BCUT2D eigenvalue weighted by Crippen LogP contribution is -2.39. The van der Waals surface area contributed by atoms with Gasteiger partial charge in [0.15, 0.2) is 0 Å². The Morgan fingerprint density at radius 3 is 2.27 bits per heavy atom. The van der Waals surface area contributed by atoms with Gasteiger partial charge in [-0.05, 0) is 114 Å². The van der Waals surface area contributed by atoms with E-state index >= 15 is 0 Å². The molecule has 1 unspecified atom stereocenters. The van der Waals surface area contributed by atoms with E-state index in [0.717, 1.165) is 76.0 Å². The Hall–Kier alpha value is -7.62. The molecule has 3 aliphatic rings. The summed E-state index contributed by atoms with van der Waals surface area (Å²) in [6.45, 7) is 4.75. The number of nitrogens with one attached hydrogen (secondary N) is 1. The van der Waals surface area contributed by atoms with Crippen molar-refractivity contribution in [1.82, 2.24) is 39.4 Å². The van der Waals surface area contributed by atoms with Crippen LogP contribution in [0.2, 0.25) is 0 Å². The molecule has 4 amide bonds. The van der Waals surface area contributed by atoms with Crippen molar-refractivity contribution >= 4 is 45.9 Å². The first-order valence-electron chi connectivity index (χ1n) is 21.5. The van der Waals surface area contributed by atoms with Gasteiger partial charge in [-0.3, -0.25) is 34.4 Å². The van der Waals surface area contributed by atoms with E-state index in [1.165, 1.54) is 21.9 Å². The monoisotopic (exact) mass is 857 g/mol. The van der Waals surface area contributed by atoms with Gasteiger partial charge in [-0.25, -0.2) is 23.8 Å². The highest BCUT2D eigenvalue weighted by atomic mass is 16.5. The summed E-state index contributed by atoms with van der Waals surface area (Å²) in [5, 5.41) is 12.4. The van der Waals surface area contributed by atoms with Crippen molar-refractivity contribution in [2.45, 2.75) is 44.4 Å². The molecule has 16 nitrogen and oxygen atoms in total. The highest BCUT2D eigenvalue weighted by Crippen LogP contribution is 2.40. The Bertz CT molecular complexity index is 3020. The summed E-state index contributed by atoms with van der Waals surface area (Å²) in [6.07, 6.45) is 7.84. The van der Waals surface area contributed by atoms with Gasteiger partial charge in [0.05, 0.1) is 41.8 Å². The Morgan fingerprint density at radius 1 is 0.734 bits per heavy atom. The first-order chi connectivity index (χ1) is 31.1. The van der Waals surface area contributed by atoms with Gasteiger partial charge in [0, 0.05) is 70.2 Å². The molecule has 1 atom stereocenters. The van der Waals surface area contributed by atoms with Crippen molar-refractivity contribution in [2.24, 2.45) is 14.1 Å². The van der Waals surface area contributed by atoms with Crippen molar-refractivity contribution in [1.29, 1.82) is 0 Å². The predicted octanol–water partition coefficient (Wildman–Crippen LogP) is 6.25. The van der Waals surface area contributed by atoms with Crippen LogP contribution in [-0.4, -0.2) is 85.2 Å².